The van der Waals surface area contributed by atoms with Crippen LogP contribution in [0, 0.1) is 6.92 Å². The zero-order valence-electron chi connectivity index (χ0n) is 17.0. The summed E-state index contributed by atoms with van der Waals surface area (Å²) in [6.45, 7) is 5.72. The molecule has 1 amide bonds. The molecule has 1 aromatic carbocycles. The average Bonchev–Trinajstić information content (AvgIpc) is 3.34. The third-order valence-corrected chi connectivity index (χ3v) is 4.89. The number of amides is 1. The van der Waals surface area contributed by atoms with Gasteiger partial charge in [0.25, 0.3) is 5.89 Å². The molecule has 0 radical (unpaired) electrons. The molecule has 1 N–H and O–H groups in total. The maximum Gasteiger partial charge on any atom is 0.350 e. The van der Waals surface area contributed by atoms with Crippen molar-refractivity contribution in [3.8, 4) is 22.8 Å². The van der Waals surface area contributed by atoms with Gasteiger partial charge in [-0.1, -0.05) is 41.9 Å². The number of fused-ring (bicyclic) bond motifs is 1. The number of hydrogen-bond acceptors (Lipinski definition) is 6. The van der Waals surface area contributed by atoms with Crippen LogP contribution in [0.3, 0.4) is 0 Å². The summed E-state index contributed by atoms with van der Waals surface area (Å²) < 4.78 is 7.93. The first kappa shape index (κ1) is 19.6. The maximum atomic E-state index is 12.7. The molecule has 0 aliphatic rings. The number of aromatic nitrogens is 5. The SMILES string of the molecule is CCC(C)NC(=O)Cn1nc2c(-c3nc(-c4ccc(C)cc4)no3)cccn2c1=O. The Morgan fingerprint density at radius 3 is 2.73 bits per heavy atom. The number of benzene rings is 1. The molecule has 4 aromatic rings. The topological polar surface area (TPSA) is 107 Å². The van der Waals surface area contributed by atoms with Gasteiger partial charge in [-0.25, -0.2) is 13.9 Å². The second-order valence-corrected chi connectivity index (χ2v) is 7.22. The van der Waals surface area contributed by atoms with Gasteiger partial charge in [0.05, 0.1) is 5.56 Å². The fraction of sp³-hybridized carbons (Fsp3) is 0.286. The van der Waals surface area contributed by atoms with Crippen molar-refractivity contribution in [2.24, 2.45) is 0 Å². The van der Waals surface area contributed by atoms with Gasteiger partial charge in [0.2, 0.25) is 11.7 Å². The predicted molar refractivity (Wildman–Crippen MR) is 111 cm³/mol. The molecule has 0 saturated carbocycles. The Hall–Kier alpha value is -3.75. The Morgan fingerprint density at radius 2 is 2.00 bits per heavy atom. The Labute approximate surface area is 172 Å². The van der Waals surface area contributed by atoms with Crippen LogP contribution in [0.25, 0.3) is 28.5 Å². The number of nitrogens with zero attached hydrogens (tertiary/aromatic N) is 5. The van der Waals surface area contributed by atoms with Crippen LogP contribution in [0.4, 0.5) is 0 Å². The molecule has 154 valence electrons. The van der Waals surface area contributed by atoms with Gasteiger partial charge in [0.15, 0.2) is 5.65 Å². The number of rotatable bonds is 6. The van der Waals surface area contributed by atoms with E-state index in [2.05, 4.69) is 20.6 Å². The number of aryl methyl sites for hydroxylation is 1. The van der Waals surface area contributed by atoms with Gasteiger partial charge in [0.1, 0.15) is 6.54 Å². The lowest BCUT2D eigenvalue weighted by Gasteiger charge is -2.10. The lowest BCUT2D eigenvalue weighted by molar-refractivity contribution is -0.122. The minimum absolute atomic E-state index is 0.0272. The van der Waals surface area contributed by atoms with E-state index in [-0.39, 0.29) is 24.4 Å². The molecular formula is C21H22N6O3. The van der Waals surface area contributed by atoms with Crippen LogP contribution in [0.1, 0.15) is 25.8 Å². The highest BCUT2D eigenvalue weighted by Crippen LogP contribution is 2.24. The standard InChI is InChI=1S/C21H22N6O3/c1-4-14(3)22-17(28)12-27-21(29)26-11-5-6-16(19(26)24-27)20-23-18(25-30-20)15-9-7-13(2)8-10-15/h5-11,14H,4,12H2,1-3H3,(H,22,28). The van der Waals surface area contributed by atoms with E-state index in [9.17, 15) is 9.59 Å². The lowest BCUT2D eigenvalue weighted by Crippen LogP contribution is -2.37. The van der Waals surface area contributed by atoms with Gasteiger partial charge in [-0.3, -0.25) is 4.79 Å². The molecule has 0 spiro atoms. The molecule has 1 atom stereocenters. The predicted octanol–water partition coefficient (Wildman–Crippen LogP) is 2.44. The summed E-state index contributed by atoms with van der Waals surface area (Å²) in [6.07, 6.45) is 2.39. The molecule has 3 heterocycles. The van der Waals surface area contributed by atoms with Crippen molar-refractivity contribution in [2.75, 3.05) is 0 Å². The third kappa shape index (κ3) is 3.73. The summed E-state index contributed by atoms with van der Waals surface area (Å²) in [5, 5.41) is 11.2. The molecule has 1 unspecified atom stereocenters. The fourth-order valence-electron chi connectivity index (χ4n) is 3.02. The molecule has 0 bridgehead atoms. The molecule has 9 nitrogen and oxygen atoms in total. The van der Waals surface area contributed by atoms with E-state index >= 15 is 0 Å². The van der Waals surface area contributed by atoms with E-state index in [4.69, 9.17) is 4.52 Å². The number of pyridine rings is 1. The maximum absolute atomic E-state index is 12.7. The van der Waals surface area contributed by atoms with E-state index in [0.717, 1.165) is 22.2 Å². The number of hydrogen-bond donors (Lipinski definition) is 1. The van der Waals surface area contributed by atoms with Gasteiger partial charge >= 0.3 is 5.69 Å². The fourth-order valence-corrected chi connectivity index (χ4v) is 3.02. The number of carbonyl (C=O) groups excluding carboxylic acids is 1. The van der Waals surface area contributed by atoms with E-state index in [1.54, 1.807) is 18.3 Å². The van der Waals surface area contributed by atoms with E-state index in [1.165, 1.54) is 4.40 Å². The third-order valence-electron chi connectivity index (χ3n) is 4.89. The average molecular weight is 406 g/mol. The first-order valence-corrected chi connectivity index (χ1v) is 9.75. The molecule has 0 saturated heterocycles. The van der Waals surface area contributed by atoms with Crippen molar-refractivity contribution >= 4 is 11.6 Å². The van der Waals surface area contributed by atoms with Crippen LogP contribution in [0.2, 0.25) is 0 Å². The van der Waals surface area contributed by atoms with E-state index < -0.39 is 5.69 Å². The first-order chi connectivity index (χ1) is 14.5. The van der Waals surface area contributed by atoms with Gasteiger partial charge in [-0.2, -0.15) is 4.98 Å². The van der Waals surface area contributed by atoms with Gasteiger partial charge in [0, 0.05) is 17.8 Å². The normalized spacial score (nSPS) is 12.2. The highest BCUT2D eigenvalue weighted by molar-refractivity contribution is 5.76. The molecule has 0 aliphatic carbocycles. The molecule has 4 rings (SSSR count). The van der Waals surface area contributed by atoms with Crippen molar-refractivity contribution in [1.82, 2.24) is 29.6 Å². The Bertz CT molecular complexity index is 1250. The van der Waals surface area contributed by atoms with E-state index in [0.29, 0.717) is 17.0 Å². The molecular weight excluding hydrogens is 384 g/mol. The Kier molecular flexibility index (Phi) is 5.18. The monoisotopic (exact) mass is 406 g/mol. The Morgan fingerprint density at radius 1 is 1.23 bits per heavy atom. The van der Waals surface area contributed by atoms with Crippen LogP contribution in [-0.4, -0.2) is 36.3 Å². The van der Waals surface area contributed by atoms with Crippen LogP contribution >= 0.6 is 0 Å². The largest absolute Gasteiger partial charge is 0.352 e. The van der Waals surface area contributed by atoms with Crippen LogP contribution in [0.5, 0.6) is 0 Å². The minimum atomic E-state index is -0.413. The van der Waals surface area contributed by atoms with Crippen molar-refractivity contribution < 1.29 is 9.32 Å². The molecule has 30 heavy (non-hydrogen) atoms. The highest BCUT2D eigenvalue weighted by atomic mass is 16.5. The number of nitrogens with one attached hydrogen (secondary N) is 1. The Balaban J connectivity index is 1.68. The van der Waals surface area contributed by atoms with Gasteiger partial charge in [-0.15, -0.1) is 5.10 Å². The number of carbonyl (C=O) groups is 1. The van der Waals surface area contributed by atoms with Gasteiger partial charge in [-0.05, 0) is 32.4 Å². The van der Waals surface area contributed by atoms with Crippen molar-refractivity contribution in [1.29, 1.82) is 0 Å². The second-order valence-electron chi connectivity index (χ2n) is 7.22. The quantitative estimate of drug-likeness (QED) is 0.527. The molecule has 3 aromatic heterocycles. The summed E-state index contributed by atoms with van der Waals surface area (Å²) in [4.78, 5) is 29.3. The summed E-state index contributed by atoms with van der Waals surface area (Å²) in [5.41, 5.74) is 2.41. The summed E-state index contributed by atoms with van der Waals surface area (Å²) >= 11 is 0. The zero-order chi connectivity index (χ0) is 21.3. The van der Waals surface area contributed by atoms with Crippen LogP contribution in [0.15, 0.2) is 51.9 Å². The summed E-state index contributed by atoms with van der Waals surface area (Å²) in [6, 6.07) is 11.2. The second kappa shape index (κ2) is 7.94. The minimum Gasteiger partial charge on any atom is -0.352 e. The van der Waals surface area contributed by atoms with Crippen LogP contribution < -0.4 is 11.0 Å². The van der Waals surface area contributed by atoms with E-state index in [1.807, 2.05) is 45.0 Å². The van der Waals surface area contributed by atoms with Crippen molar-refractivity contribution in [3.63, 3.8) is 0 Å². The van der Waals surface area contributed by atoms with Gasteiger partial charge < -0.3 is 9.84 Å². The molecule has 0 fully saturated rings. The van der Waals surface area contributed by atoms with Crippen molar-refractivity contribution in [3.05, 3.63) is 58.6 Å². The summed E-state index contributed by atoms with van der Waals surface area (Å²) in [7, 11) is 0. The smallest absolute Gasteiger partial charge is 0.350 e. The first-order valence-electron chi connectivity index (χ1n) is 9.75. The molecule has 9 heteroatoms. The zero-order valence-corrected chi connectivity index (χ0v) is 17.0. The van der Waals surface area contributed by atoms with Crippen LogP contribution in [-0.2, 0) is 11.3 Å². The highest BCUT2D eigenvalue weighted by Gasteiger charge is 2.18. The lowest BCUT2D eigenvalue weighted by atomic mass is 10.1. The van der Waals surface area contributed by atoms with Crippen molar-refractivity contribution in [2.45, 2.75) is 39.8 Å². The molecule has 0 aliphatic heterocycles. The summed E-state index contributed by atoms with van der Waals surface area (Å²) in [5.74, 6) is 0.426.